The van der Waals surface area contributed by atoms with Gasteiger partial charge in [0.25, 0.3) is 11.1 Å². The van der Waals surface area contributed by atoms with Crippen LogP contribution in [0.25, 0.3) is 6.08 Å². The SMILES string of the molecule is CCOc1c(Br)cc(C=C2SC(=O)NC2=O)cc1OC. The molecule has 0 atom stereocenters. The predicted octanol–water partition coefficient (Wildman–Crippen LogP) is 3.18. The zero-order valence-corrected chi connectivity index (χ0v) is 13.3. The van der Waals surface area contributed by atoms with Gasteiger partial charge in [-0.3, -0.25) is 14.9 Å². The summed E-state index contributed by atoms with van der Waals surface area (Å²) in [5, 5.41) is 1.85. The fourth-order valence-electron chi connectivity index (χ4n) is 1.68. The molecule has 1 aliphatic heterocycles. The van der Waals surface area contributed by atoms with Crippen LogP contribution in [-0.2, 0) is 4.79 Å². The standard InChI is InChI=1S/C13H12BrNO4S/c1-3-19-11-8(14)4-7(5-9(11)18-2)6-10-12(16)15-13(17)20-10/h4-6H,3H2,1-2H3,(H,15,16,17). The smallest absolute Gasteiger partial charge is 0.290 e. The topological polar surface area (TPSA) is 64.6 Å². The highest BCUT2D eigenvalue weighted by Gasteiger charge is 2.25. The first kappa shape index (κ1) is 14.9. The Hall–Kier alpha value is -1.47. The summed E-state index contributed by atoms with van der Waals surface area (Å²) in [6.07, 6.45) is 1.63. The molecule has 0 aromatic heterocycles. The summed E-state index contributed by atoms with van der Waals surface area (Å²) in [5.41, 5.74) is 0.740. The van der Waals surface area contributed by atoms with Crippen LogP contribution in [0, 0.1) is 0 Å². The first-order chi connectivity index (χ1) is 9.55. The van der Waals surface area contributed by atoms with E-state index < -0.39 is 0 Å². The normalized spacial score (nSPS) is 16.4. The maximum absolute atomic E-state index is 11.5. The van der Waals surface area contributed by atoms with Crippen molar-refractivity contribution in [3.05, 3.63) is 27.1 Å². The number of methoxy groups -OCH3 is 1. The molecule has 1 saturated heterocycles. The van der Waals surface area contributed by atoms with Gasteiger partial charge in [0.05, 0.1) is 23.1 Å². The lowest BCUT2D eigenvalue weighted by atomic mass is 10.2. The van der Waals surface area contributed by atoms with Crippen LogP contribution < -0.4 is 14.8 Å². The highest BCUT2D eigenvalue weighted by molar-refractivity contribution is 9.10. The maximum atomic E-state index is 11.5. The van der Waals surface area contributed by atoms with E-state index in [0.29, 0.717) is 23.0 Å². The summed E-state index contributed by atoms with van der Waals surface area (Å²) < 4.78 is 11.5. The van der Waals surface area contributed by atoms with Gasteiger partial charge < -0.3 is 9.47 Å². The Kier molecular flexibility index (Phi) is 4.72. The minimum absolute atomic E-state index is 0.355. The summed E-state index contributed by atoms with van der Waals surface area (Å²) in [5.74, 6) is 0.781. The quantitative estimate of drug-likeness (QED) is 0.838. The lowest BCUT2D eigenvalue weighted by Gasteiger charge is -2.12. The van der Waals surface area contributed by atoms with Gasteiger partial charge in [-0.15, -0.1) is 0 Å². The lowest BCUT2D eigenvalue weighted by molar-refractivity contribution is -0.115. The molecule has 1 aromatic carbocycles. The molecule has 1 fully saturated rings. The Balaban J connectivity index is 2.39. The Morgan fingerprint density at radius 1 is 1.40 bits per heavy atom. The van der Waals surface area contributed by atoms with Gasteiger partial charge in [-0.2, -0.15) is 0 Å². The van der Waals surface area contributed by atoms with E-state index in [-0.39, 0.29) is 11.1 Å². The van der Waals surface area contributed by atoms with Gasteiger partial charge in [0.2, 0.25) is 0 Å². The van der Waals surface area contributed by atoms with Gasteiger partial charge in [-0.05, 0) is 58.4 Å². The van der Waals surface area contributed by atoms with E-state index in [1.807, 2.05) is 6.92 Å². The predicted molar refractivity (Wildman–Crippen MR) is 81.0 cm³/mol. The third-order valence-corrected chi connectivity index (χ3v) is 3.88. The number of hydrogen-bond donors (Lipinski definition) is 1. The van der Waals surface area contributed by atoms with E-state index in [9.17, 15) is 9.59 Å². The van der Waals surface area contributed by atoms with Crippen LogP contribution in [0.3, 0.4) is 0 Å². The molecule has 20 heavy (non-hydrogen) atoms. The van der Waals surface area contributed by atoms with Crippen molar-refractivity contribution in [2.45, 2.75) is 6.92 Å². The van der Waals surface area contributed by atoms with Crippen LogP contribution in [0.4, 0.5) is 4.79 Å². The number of ether oxygens (including phenoxy) is 2. The molecule has 1 aromatic rings. The number of benzene rings is 1. The second-order valence-electron chi connectivity index (χ2n) is 3.82. The maximum Gasteiger partial charge on any atom is 0.290 e. The van der Waals surface area contributed by atoms with Crippen molar-refractivity contribution in [2.75, 3.05) is 13.7 Å². The van der Waals surface area contributed by atoms with Gasteiger partial charge in [0, 0.05) is 0 Å². The molecule has 2 rings (SSSR count). The van der Waals surface area contributed by atoms with E-state index in [2.05, 4.69) is 21.2 Å². The van der Waals surface area contributed by atoms with Crippen molar-refractivity contribution < 1.29 is 19.1 Å². The van der Waals surface area contributed by atoms with Crippen LogP contribution in [0.15, 0.2) is 21.5 Å². The Morgan fingerprint density at radius 2 is 2.15 bits per heavy atom. The van der Waals surface area contributed by atoms with Crippen LogP contribution in [0.5, 0.6) is 11.5 Å². The minimum atomic E-state index is -0.385. The summed E-state index contributed by atoms with van der Waals surface area (Å²) in [7, 11) is 1.54. The summed E-state index contributed by atoms with van der Waals surface area (Å²) in [6.45, 7) is 2.40. The molecule has 0 unspecified atom stereocenters. The highest BCUT2D eigenvalue weighted by atomic mass is 79.9. The monoisotopic (exact) mass is 357 g/mol. The number of carbonyl (C=O) groups excluding carboxylic acids is 2. The van der Waals surface area contributed by atoms with Gasteiger partial charge in [-0.1, -0.05) is 0 Å². The summed E-state index contributed by atoms with van der Waals surface area (Å²) >= 11 is 4.28. The van der Waals surface area contributed by atoms with E-state index in [1.54, 1.807) is 25.3 Å². The number of halogens is 1. The first-order valence-electron chi connectivity index (χ1n) is 5.80. The number of imide groups is 1. The Labute approximate surface area is 128 Å². The molecule has 1 heterocycles. The fourth-order valence-corrected chi connectivity index (χ4v) is 2.94. The Morgan fingerprint density at radius 3 is 2.70 bits per heavy atom. The summed E-state index contributed by atoms with van der Waals surface area (Å²) in [6, 6.07) is 3.55. The molecule has 106 valence electrons. The van der Waals surface area contributed by atoms with Crippen LogP contribution in [0.2, 0.25) is 0 Å². The van der Waals surface area contributed by atoms with E-state index in [4.69, 9.17) is 9.47 Å². The van der Waals surface area contributed by atoms with Crippen molar-refractivity contribution in [3.8, 4) is 11.5 Å². The molecule has 7 heteroatoms. The molecule has 0 spiro atoms. The second-order valence-corrected chi connectivity index (χ2v) is 5.69. The van der Waals surface area contributed by atoms with Crippen molar-refractivity contribution in [3.63, 3.8) is 0 Å². The molecule has 0 aliphatic carbocycles. The molecule has 5 nitrogen and oxygen atoms in total. The highest BCUT2D eigenvalue weighted by Crippen LogP contribution is 2.38. The van der Waals surface area contributed by atoms with E-state index in [0.717, 1.165) is 21.8 Å². The van der Waals surface area contributed by atoms with Crippen LogP contribution >= 0.6 is 27.7 Å². The van der Waals surface area contributed by atoms with Crippen LogP contribution in [0.1, 0.15) is 12.5 Å². The fraction of sp³-hybridized carbons (Fsp3) is 0.231. The number of thioether (sulfide) groups is 1. The Bertz CT molecular complexity index is 600. The second kappa shape index (κ2) is 6.32. The van der Waals surface area contributed by atoms with E-state index in [1.165, 1.54) is 0 Å². The number of rotatable bonds is 4. The van der Waals surface area contributed by atoms with Gasteiger partial charge in [0.15, 0.2) is 11.5 Å². The number of hydrogen-bond acceptors (Lipinski definition) is 5. The average molecular weight is 358 g/mol. The largest absolute Gasteiger partial charge is 0.493 e. The molecule has 0 radical (unpaired) electrons. The third-order valence-electron chi connectivity index (χ3n) is 2.48. The summed E-state index contributed by atoms with van der Waals surface area (Å²) in [4.78, 5) is 23.0. The first-order valence-corrected chi connectivity index (χ1v) is 7.41. The van der Waals surface area contributed by atoms with Crippen molar-refractivity contribution >= 4 is 44.9 Å². The van der Waals surface area contributed by atoms with Gasteiger partial charge >= 0.3 is 0 Å². The lowest BCUT2D eigenvalue weighted by Crippen LogP contribution is -2.17. The van der Waals surface area contributed by atoms with Crippen molar-refractivity contribution in [1.82, 2.24) is 5.32 Å². The number of amides is 2. The molecule has 1 N–H and O–H groups in total. The van der Waals surface area contributed by atoms with Gasteiger partial charge in [-0.25, -0.2) is 0 Å². The van der Waals surface area contributed by atoms with Crippen molar-refractivity contribution in [2.24, 2.45) is 0 Å². The molecule has 2 amide bonds. The van der Waals surface area contributed by atoms with Gasteiger partial charge in [0.1, 0.15) is 0 Å². The molecule has 0 saturated carbocycles. The van der Waals surface area contributed by atoms with Crippen molar-refractivity contribution in [1.29, 1.82) is 0 Å². The third kappa shape index (κ3) is 3.16. The number of nitrogens with one attached hydrogen (secondary N) is 1. The van der Waals surface area contributed by atoms with Crippen LogP contribution in [-0.4, -0.2) is 24.9 Å². The molecule has 1 aliphatic rings. The molecular weight excluding hydrogens is 346 g/mol. The average Bonchev–Trinajstić information content (AvgIpc) is 2.70. The van der Waals surface area contributed by atoms with E-state index >= 15 is 0 Å². The zero-order chi connectivity index (χ0) is 14.7. The molecule has 0 bridgehead atoms. The molecular formula is C13H12BrNO4S. The zero-order valence-electron chi connectivity index (χ0n) is 10.9. The minimum Gasteiger partial charge on any atom is -0.493 e. The number of carbonyl (C=O) groups is 2.